The molecule has 1 fully saturated rings. The van der Waals surface area contributed by atoms with Gasteiger partial charge < -0.3 is 5.73 Å². The molecule has 1 unspecified atom stereocenters. The number of hydroxylamine groups is 1. The molecule has 0 aromatic heterocycles. The van der Waals surface area contributed by atoms with Crippen molar-refractivity contribution in [1.82, 2.24) is 5.48 Å². The quantitative estimate of drug-likeness (QED) is 0.717. The van der Waals surface area contributed by atoms with Crippen LogP contribution in [0.3, 0.4) is 0 Å². The Morgan fingerprint density at radius 1 is 1.59 bits per heavy atom. The van der Waals surface area contributed by atoms with Crippen molar-refractivity contribution >= 4 is 12.1 Å². The molecule has 1 aliphatic carbocycles. The van der Waals surface area contributed by atoms with E-state index in [4.69, 9.17) is 10.6 Å². The van der Waals surface area contributed by atoms with Crippen molar-refractivity contribution in [1.29, 1.82) is 0 Å². The maximum Gasteiger partial charge on any atom is 0.231 e. The third-order valence-corrected chi connectivity index (χ3v) is 3.86. The molecule has 17 heavy (non-hydrogen) atoms. The molecule has 2 rings (SSSR count). The number of hydrogen-bond acceptors (Lipinski definition) is 5. The van der Waals surface area contributed by atoms with Crippen molar-refractivity contribution in [3.8, 4) is 0 Å². The van der Waals surface area contributed by atoms with Gasteiger partial charge in [0.2, 0.25) is 6.23 Å². The molecule has 5 heteroatoms. The Balaban J connectivity index is 2.04. The lowest BCUT2D eigenvalue weighted by Crippen LogP contribution is -2.34. The number of nitrogens with one attached hydrogen (secondary N) is 1. The zero-order valence-corrected chi connectivity index (χ0v) is 10.5. The summed E-state index contributed by atoms with van der Waals surface area (Å²) < 4.78 is 0. The molecule has 5 nitrogen and oxygen atoms in total. The summed E-state index contributed by atoms with van der Waals surface area (Å²) in [7, 11) is 0. The third-order valence-electron chi connectivity index (χ3n) is 3.86. The first kappa shape index (κ1) is 12.5. The Labute approximate surface area is 102 Å². The summed E-state index contributed by atoms with van der Waals surface area (Å²) >= 11 is 0. The second kappa shape index (κ2) is 4.38. The van der Waals surface area contributed by atoms with E-state index >= 15 is 0 Å². The van der Waals surface area contributed by atoms with Gasteiger partial charge in [0.1, 0.15) is 5.84 Å². The molecule has 1 saturated carbocycles. The van der Waals surface area contributed by atoms with Gasteiger partial charge in [0.05, 0.1) is 0 Å². The molecule has 0 spiro atoms. The highest BCUT2D eigenvalue weighted by Gasteiger charge is 2.43. The summed E-state index contributed by atoms with van der Waals surface area (Å²) in [6, 6.07) is 0. The topological polar surface area (TPSA) is 76.7 Å². The van der Waals surface area contributed by atoms with Gasteiger partial charge in [0, 0.05) is 6.42 Å². The fourth-order valence-corrected chi connectivity index (χ4v) is 3.02. The largest absolute Gasteiger partial charge is 0.330 e. The van der Waals surface area contributed by atoms with Gasteiger partial charge in [0.15, 0.2) is 6.29 Å². The van der Waals surface area contributed by atoms with E-state index in [0.29, 0.717) is 18.2 Å². The lowest BCUT2D eigenvalue weighted by molar-refractivity contribution is -0.118. The number of amidine groups is 1. The normalized spacial score (nSPS) is 35.5. The molecule has 1 aliphatic heterocycles. The maximum atomic E-state index is 10.5. The zero-order valence-electron chi connectivity index (χ0n) is 10.5. The Hall–Kier alpha value is -0.940. The van der Waals surface area contributed by atoms with Crippen LogP contribution in [0.1, 0.15) is 39.5 Å². The van der Waals surface area contributed by atoms with Gasteiger partial charge in [-0.2, -0.15) is 0 Å². The van der Waals surface area contributed by atoms with Crippen LogP contribution in [-0.4, -0.2) is 24.9 Å². The van der Waals surface area contributed by atoms with E-state index in [1.165, 1.54) is 6.42 Å². The van der Waals surface area contributed by atoms with Crippen LogP contribution in [0.2, 0.25) is 0 Å². The summed E-state index contributed by atoms with van der Waals surface area (Å²) in [6.07, 6.45) is 4.18. The van der Waals surface area contributed by atoms with Crippen molar-refractivity contribution in [2.24, 2.45) is 21.6 Å². The molecule has 0 aromatic carbocycles. The summed E-state index contributed by atoms with van der Waals surface area (Å²) in [6.45, 7) is 5.21. The van der Waals surface area contributed by atoms with Crippen LogP contribution in [0.25, 0.3) is 0 Å². The van der Waals surface area contributed by atoms with Gasteiger partial charge in [0.25, 0.3) is 0 Å². The molecule has 2 aliphatic rings. The van der Waals surface area contributed by atoms with Crippen LogP contribution >= 0.6 is 0 Å². The smallest absolute Gasteiger partial charge is 0.231 e. The monoisotopic (exact) mass is 239 g/mol. The summed E-state index contributed by atoms with van der Waals surface area (Å²) in [5, 5.41) is 0. The number of aldehydes is 1. The number of hydrogen-bond donors (Lipinski definition) is 2. The Kier molecular flexibility index (Phi) is 3.23. The second-order valence-corrected chi connectivity index (χ2v) is 6.04. The van der Waals surface area contributed by atoms with Gasteiger partial charge in [-0.1, -0.05) is 13.8 Å². The molecule has 0 bridgehead atoms. The van der Waals surface area contributed by atoms with Crippen LogP contribution in [0.15, 0.2) is 4.99 Å². The van der Waals surface area contributed by atoms with Gasteiger partial charge >= 0.3 is 0 Å². The molecule has 1 heterocycles. The minimum atomic E-state index is -0.686. The molecule has 0 radical (unpaired) electrons. The van der Waals surface area contributed by atoms with Gasteiger partial charge in [-0.15, -0.1) is 0 Å². The first-order chi connectivity index (χ1) is 7.99. The van der Waals surface area contributed by atoms with Crippen LogP contribution in [-0.2, 0) is 9.63 Å². The van der Waals surface area contributed by atoms with Crippen molar-refractivity contribution < 1.29 is 9.63 Å². The highest BCUT2D eigenvalue weighted by molar-refractivity contribution is 5.85. The van der Waals surface area contributed by atoms with E-state index < -0.39 is 6.23 Å². The molecular weight excluding hydrogens is 218 g/mol. The average Bonchev–Trinajstić information content (AvgIpc) is 2.84. The number of carbonyl (C=O) groups is 1. The Bertz CT molecular complexity index is 341. The molecule has 3 N–H and O–H groups in total. The molecule has 0 amide bonds. The predicted octanol–water partition coefficient (Wildman–Crippen LogP) is 0.990. The summed E-state index contributed by atoms with van der Waals surface area (Å²) in [5.41, 5.74) is 9.13. The van der Waals surface area contributed by atoms with E-state index in [0.717, 1.165) is 25.1 Å². The Morgan fingerprint density at radius 2 is 2.35 bits per heavy atom. The van der Waals surface area contributed by atoms with Crippen LogP contribution in [0, 0.1) is 10.8 Å². The molecule has 0 saturated heterocycles. The number of nitrogens with two attached hydrogens (primary N) is 1. The maximum absolute atomic E-state index is 10.5. The van der Waals surface area contributed by atoms with Crippen LogP contribution in [0.5, 0.6) is 0 Å². The van der Waals surface area contributed by atoms with Gasteiger partial charge in [-0.3, -0.25) is 10.3 Å². The van der Waals surface area contributed by atoms with E-state index in [1.54, 1.807) is 0 Å². The van der Waals surface area contributed by atoms with E-state index in [-0.39, 0.29) is 5.41 Å². The summed E-state index contributed by atoms with van der Waals surface area (Å²) in [5.74, 6) is 0.755. The SMILES string of the molecule is CC1(C)CCC(CN)(CC2=N[C@H](C=O)ON2)C1. The van der Waals surface area contributed by atoms with Crippen molar-refractivity contribution in [3.63, 3.8) is 0 Å². The number of carbonyl (C=O) groups excluding carboxylic acids is 1. The second-order valence-electron chi connectivity index (χ2n) is 6.04. The molecular formula is C12H21N3O2. The Morgan fingerprint density at radius 3 is 2.82 bits per heavy atom. The predicted molar refractivity (Wildman–Crippen MR) is 65.2 cm³/mol. The van der Waals surface area contributed by atoms with Gasteiger partial charge in [-0.05, 0) is 36.6 Å². The zero-order chi connectivity index (χ0) is 12.5. The molecule has 96 valence electrons. The highest BCUT2D eigenvalue weighted by atomic mass is 16.7. The lowest BCUT2D eigenvalue weighted by atomic mass is 9.79. The van der Waals surface area contributed by atoms with E-state index in [1.807, 2.05) is 0 Å². The third kappa shape index (κ3) is 2.66. The molecule has 0 aromatic rings. The van der Waals surface area contributed by atoms with E-state index in [9.17, 15) is 4.79 Å². The first-order valence-electron chi connectivity index (χ1n) is 6.12. The van der Waals surface area contributed by atoms with Crippen molar-refractivity contribution in [2.45, 2.75) is 45.8 Å². The standard InChI is InChI=1S/C12H21N3O2/c1-11(2)3-4-12(7-11,8-13)5-9-14-10(6-16)17-15-9/h6,10H,3-5,7-8,13H2,1-2H3,(H,14,15)/t10-,12?/m0/s1. The lowest BCUT2D eigenvalue weighted by Gasteiger charge is -2.29. The van der Waals surface area contributed by atoms with Crippen molar-refractivity contribution in [2.75, 3.05) is 6.54 Å². The fourth-order valence-electron chi connectivity index (χ4n) is 3.02. The fraction of sp³-hybridized carbons (Fsp3) is 0.833. The van der Waals surface area contributed by atoms with Gasteiger partial charge in [-0.25, -0.2) is 9.83 Å². The molecule has 2 atom stereocenters. The van der Waals surface area contributed by atoms with Crippen LogP contribution < -0.4 is 11.2 Å². The first-order valence-corrected chi connectivity index (χ1v) is 6.12. The van der Waals surface area contributed by atoms with Crippen LogP contribution in [0.4, 0.5) is 0 Å². The van der Waals surface area contributed by atoms with Crippen molar-refractivity contribution in [3.05, 3.63) is 0 Å². The number of rotatable bonds is 4. The minimum absolute atomic E-state index is 0.108. The summed E-state index contributed by atoms with van der Waals surface area (Å²) in [4.78, 5) is 19.7. The number of aliphatic imine (C=N–C) groups is 1. The minimum Gasteiger partial charge on any atom is -0.330 e. The van der Waals surface area contributed by atoms with E-state index in [2.05, 4.69) is 24.3 Å². The highest BCUT2D eigenvalue weighted by Crippen LogP contribution is 2.50. The average molecular weight is 239 g/mol. The number of nitrogens with zero attached hydrogens (tertiary/aromatic N) is 1.